The van der Waals surface area contributed by atoms with Crippen LogP contribution in [-0.2, 0) is 9.53 Å². The SMILES string of the molecule is COC(=O)C1=C(C)N=c2s/c(=C/c3ccc(N(C)C)cc3)c(=O)n2C1c1ccc(F)cc1. The summed E-state index contributed by atoms with van der Waals surface area (Å²) in [6.07, 6.45) is 1.81. The summed E-state index contributed by atoms with van der Waals surface area (Å²) in [6.45, 7) is 1.71. The third-order valence-corrected chi connectivity index (χ3v) is 6.30. The highest BCUT2D eigenvalue weighted by Crippen LogP contribution is 2.30. The molecule has 0 bridgehead atoms. The standard InChI is InChI=1S/C24H22FN3O3S/c1-14-20(23(30)31-4)21(16-7-9-17(25)10-8-16)28-22(29)19(32-24(28)26-14)13-15-5-11-18(12-6-15)27(2)3/h5-13,21H,1-4H3/b19-13+. The lowest BCUT2D eigenvalue weighted by Crippen LogP contribution is -2.39. The normalized spacial score (nSPS) is 15.9. The first kappa shape index (κ1) is 21.7. The van der Waals surface area contributed by atoms with Gasteiger partial charge in [-0.3, -0.25) is 9.36 Å². The highest BCUT2D eigenvalue weighted by molar-refractivity contribution is 7.07. The number of anilines is 1. The fourth-order valence-corrected chi connectivity index (χ4v) is 4.72. The Labute approximate surface area is 188 Å². The number of carbonyl (C=O) groups is 1. The van der Waals surface area contributed by atoms with Crippen molar-refractivity contribution in [3.8, 4) is 0 Å². The molecule has 1 aromatic heterocycles. The van der Waals surface area contributed by atoms with Gasteiger partial charge >= 0.3 is 5.97 Å². The Kier molecular flexibility index (Phi) is 5.80. The number of fused-ring (bicyclic) bond motifs is 1. The number of hydrogen-bond donors (Lipinski definition) is 0. The molecule has 0 spiro atoms. The number of halogens is 1. The Morgan fingerprint density at radius 3 is 2.41 bits per heavy atom. The van der Waals surface area contributed by atoms with Crippen molar-refractivity contribution in [1.82, 2.24) is 4.57 Å². The van der Waals surface area contributed by atoms with Crippen LogP contribution in [0.5, 0.6) is 0 Å². The average molecular weight is 452 g/mol. The lowest BCUT2D eigenvalue weighted by molar-refractivity contribution is -0.136. The first-order valence-electron chi connectivity index (χ1n) is 9.94. The van der Waals surface area contributed by atoms with Crippen molar-refractivity contribution < 1.29 is 13.9 Å². The summed E-state index contributed by atoms with van der Waals surface area (Å²) in [7, 11) is 5.21. The van der Waals surface area contributed by atoms with E-state index in [9.17, 15) is 14.0 Å². The van der Waals surface area contributed by atoms with Gasteiger partial charge in [-0.25, -0.2) is 14.2 Å². The van der Waals surface area contributed by atoms with Crippen LogP contribution >= 0.6 is 11.3 Å². The minimum atomic E-state index is -0.752. The van der Waals surface area contributed by atoms with Crippen LogP contribution in [-0.4, -0.2) is 31.7 Å². The van der Waals surface area contributed by atoms with Crippen molar-refractivity contribution in [2.45, 2.75) is 13.0 Å². The second-order valence-electron chi connectivity index (χ2n) is 7.61. The lowest BCUT2D eigenvalue weighted by atomic mass is 9.96. The van der Waals surface area contributed by atoms with Crippen molar-refractivity contribution in [2.75, 3.05) is 26.1 Å². The van der Waals surface area contributed by atoms with Gasteiger partial charge in [0.1, 0.15) is 5.82 Å². The molecular formula is C24H22FN3O3S. The van der Waals surface area contributed by atoms with Crippen molar-refractivity contribution >= 4 is 29.1 Å². The summed E-state index contributed by atoms with van der Waals surface area (Å²) in [5.74, 6) is -0.975. The number of hydrogen-bond acceptors (Lipinski definition) is 6. The summed E-state index contributed by atoms with van der Waals surface area (Å²) in [5.41, 5.74) is 2.99. The molecule has 3 aromatic rings. The molecule has 1 aliphatic rings. The van der Waals surface area contributed by atoms with Crippen molar-refractivity contribution in [3.05, 3.63) is 96.4 Å². The van der Waals surface area contributed by atoms with Gasteiger partial charge in [-0.2, -0.15) is 0 Å². The van der Waals surface area contributed by atoms with Gasteiger partial charge in [0.2, 0.25) is 0 Å². The lowest BCUT2D eigenvalue weighted by Gasteiger charge is -2.24. The van der Waals surface area contributed by atoms with Gasteiger partial charge in [0, 0.05) is 19.8 Å². The quantitative estimate of drug-likeness (QED) is 0.572. The van der Waals surface area contributed by atoms with Gasteiger partial charge in [0.05, 0.1) is 29.0 Å². The van der Waals surface area contributed by atoms with Gasteiger partial charge in [-0.1, -0.05) is 35.6 Å². The molecule has 2 heterocycles. The fourth-order valence-electron chi connectivity index (χ4n) is 3.67. The molecule has 32 heavy (non-hydrogen) atoms. The predicted molar refractivity (Wildman–Crippen MR) is 123 cm³/mol. The van der Waals surface area contributed by atoms with E-state index in [2.05, 4.69) is 4.99 Å². The topological polar surface area (TPSA) is 63.9 Å². The molecule has 1 unspecified atom stereocenters. The number of rotatable bonds is 4. The van der Waals surface area contributed by atoms with Crippen LogP contribution < -0.4 is 19.8 Å². The van der Waals surface area contributed by atoms with E-state index in [1.165, 1.54) is 35.1 Å². The summed E-state index contributed by atoms with van der Waals surface area (Å²) < 4.78 is 20.5. The van der Waals surface area contributed by atoms with Crippen LogP contribution in [0.3, 0.4) is 0 Å². The number of ether oxygens (including phenoxy) is 1. The van der Waals surface area contributed by atoms with Gasteiger partial charge in [0.25, 0.3) is 5.56 Å². The zero-order valence-corrected chi connectivity index (χ0v) is 18.9. The maximum Gasteiger partial charge on any atom is 0.338 e. The molecule has 164 valence electrons. The minimum absolute atomic E-state index is 0.258. The van der Waals surface area contributed by atoms with E-state index in [4.69, 9.17) is 4.74 Å². The molecule has 1 atom stereocenters. The van der Waals surface area contributed by atoms with E-state index in [-0.39, 0.29) is 11.1 Å². The number of nitrogens with zero attached hydrogens (tertiary/aromatic N) is 3. The van der Waals surface area contributed by atoms with Crippen LogP contribution in [0.2, 0.25) is 0 Å². The molecule has 0 amide bonds. The summed E-state index contributed by atoms with van der Waals surface area (Å²) >= 11 is 1.25. The molecule has 0 fully saturated rings. The maximum absolute atomic E-state index is 13.6. The molecule has 0 radical (unpaired) electrons. The Hall–Kier alpha value is -3.52. The molecule has 0 aliphatic carbocycles. The third kappa shape index (κ3) is 3.89. The fraction of sp³-hybridized carbons (Fsp3) is 0.208. The number of carbonyl (C=O) groups excluding carboxylic acids is 1. The molecule has 0 N–H and O–H groups in total. The summed E-state index contributed by atoms with van der Waals surface area (Å²) in [4.78, 5) is 33.0. The molecule has 1 aliphatic heterocycles. The van der Waals surface area contributed by atoms with Crippen LogP contribution in [0, 0.1) is 5.82 Å². The Morgan fingerprint density at radius 2 is 1.81 bits per heavy atom. The van der Waals surface area contributed by atoms with Crippen LogP contribution in [0.4, 0.5) is 10.1 Å². The maximum atomic E-state index is 13.6. The van der Waals surface area contributed by atoms with Crippen LogP contribution in [0.25, 0.3) is 6.08 Å². The molecule has 0 saturated carbocycles. The monoisotopic (exact) mass is 451 g/mol. The molecule has 4 rings (SSSR count). The Bertz CT molecular complexity index is 1380. The van der Waals surface area contributed by atoms with E-state index in [0.29, 0.717) is 20.6 Å². The zero-order valence-electron chi connectivity index (χ0n) is 18.1. The second kappa shape index (κ2) is 8.55. The largest absolute Gasteiger partial charge is 0.466 e. The zero-order chi connectivity index (χ0) is 23.0. The van der Waals surface area contributed by atoms with E-state index >= 15 is 0 Å². The number of methoxy groups -OCH3 is 1. The van der Waals surface area contributed by atoms with E-state index < -0.39 is 17.8 Å². The van der Waals surface area contributed by atoms with E-state index in [1.807, 2.05) is 49.3 Å². The molecule has 8 heteroatoms. The smallest absolute Gasteiger partial charge is 0.338 e. The molecule has 6 nitrogen and oxygen atoms in total. The number of allylic oxidation sites excluding steroid dienone is 1. The first-order chi connectivity index (χ1) is 15.3. The van der Waals surface area contributed by atoms with Crippen molar-refractivity contribution in [2.24, 2.45) is 4.99 Å². The Balaban J connectivity index is 1.91. The minimum Gasteiger partial charge on any atom is -0.466 e. The number of benzene rings is 2. The van der Waals surface area contributed by atoms with E-state index in [1.54, 1.807) is 19.1 Å². The highest BCUT2D eigenvalue weighted by atomic mass is 32.1. The average Bonchev–Trinajstić information content (AvgIpc) is 3.08. The summed E-state index contributed by atoms with van der Waals surface area (Å²) in [5, 5.41) is 0. The molecule has 0 saturated heterocycles. The number of aromatic nitrogens is 1. The number of esters is 1. The van der Waals surface area contributed by atoms with Crippen molar-refractivity contribution in [1.29, 1.82) is 0 Å². The predicted octanol–water partition coefficient (Wildman–Crippen LogP) is 2.61. The summed E-state index contributed by atoms with van der Waals surface area (Å²) in [6, 6.07) is 12.8. The van der Waals surface area contributed by atoms with Gasteiger partial charge in [-0.15, -0.1) is 0 Å². The highest BCUT2D eigenvalue weighted by Gasteiger charge is 2.33. The van der Waals surface area contributed by atoms with Crippen LogP contribution in [0.1, 0.15) is 24.1 Å². The molecule has 2 aromatic carbocycles. The van der Waals surface area contributed by atoms with Gasteiger partial charge in [-0.05, 0) is 48.4 Å². The van der Waals surface area contributed by atoms with E-state index in [0.717, 1.165) is 11.3 Å². The second-order valence-corrected chi connectivity index (χ2v) is 8.62. The first-order valence-corrected chi connectivity index (χ1v) is 10.8. The Morgan fingerprint density at radius 1 is 1.16 bits per heavy atom. The van der Waals surface area contributed by atoms with Crippen molar-refractivity contribution in [3.63, 3.8) is 0 Å². The van der Waals surface area contributed by atoms with Gasteiger partial charge < -0.3 is 9.64 Å². The van der Waals surface area contributed by atoms with Crippen LogP contribution in [0.15, 0.2) is 69.6 Å². The molecular weight excluding hydrogens is 429 g/mol. The number of thiazole rings is 1. The third-order valence-electron chi connectivity index (χ3n) is 5.32. The van der Waals surface area contributed by atoms with Gasteiger partial charge in [0.15, 0.2) is 4.80 Å².